The molecule has 0 saturated carbocycles. The standard InChI is InChI=1S/C15H21N3O/c1-18-14-9-11(10-16)4-6-13(14)17-15(18)7-5-12-3-2-8-19-12/h4,6,9,12H,2-3,5,7-8,10,16H2,1H3. The summed E-state index contributed by atoms with van der Waals surface area (Å²) in [6, 6.07) is 6.25. The van der Waals surface area contributed by atoms with Crippen LogP contribution in [-0.4, -0.2) is 22.3 Å². The molecule has 3 rings (SSSR count). The zero-order chi connectivity index (χ0) is 13.2. The normalized spacial score (nSPS) is 19.4. The third kappa shape index (κ3) is 2.51. The van der Waals surface area contributed by atoms with Gasteiger partial charge in [-0.3, -0.25) is 0 Å². The molecule has 0 radical (unpaired) electrons. The monoisotopic (exact) mass is 259 g/mol. The van der Waals surface area contributed by atoms with Crippen molar-refractivity contribution in [2.45, 2.75) is 38.3 Å². The Kier molecular flexibility index (Phi) is 3.53. The summed E-state index contributed by atoms with van der Waals surface area (Å²) in [5, 5.41) is 0. The maximum Gasteiger partial charge on any atom is 0.109 e. The van der Waals surface area contributed by atoms with E-state index >= 15 is 0 Å². The van der Waals surface area contributed by atoms with Gasteiger partial charge in [0.2, 0.25) is 0 Å². The molecular formula is C15H21N3O. The van der Waals surface area contributed by atoms with E-state index in [1.54, 1.807) is 0 Å². The maximum absolute atomic E-state index is 5.69. The zero-order valence-corrected chi connectivity index (χ0v) is 11.4. The van der Waals surface area contributed by atoms with E-state index in [9.17, 15) is 0 Å². The number of hydrogen-bond acceptors (Lipinski definition) is 3. The Morgan fingerprint density at radius 1 is 1.47 bits per heavy atom. The Labute approximate surface area is 113 Å². The summed E-state index contributed by atoms with van der Waals surface area (Å²) in [5.74, 6) is 1.14. The Balaban J connectivity index is 1.81. The van der Waals surface area contributed by atoms with Crippen molar-refractivity contribution in [3.8, 4) is 0 Å². The number of ether oxygens (including phenoxy) is 1. The molecule has 2 aromatic rings. The number of benzene rings is 1. The topological polar surface area (TPSA) is 53.1 Å². The highest BCUT2D eigenvalue weighted by atomic mass is 16.5. The van der Waals surface area contributed by atoms with Gasteiger partial charge in [-0.15, -0.1) is 0 Å². The molecule has 1 fully saturated rings. The number of fused-ring (bicyclic) bond motifs is 1. The number of nitrogens with zero attached hydrogens (tertiary/aromatic N) is 2. The number of aryl methyl sites for hydroxylation is 2. The quantitative estimate of drug-likeness (QED) is 0.915. The second kappa shape index (κ2) is 5.31. The lowest BCUT2D eigenvalue weighted by atomic mass is 10.1. The molecule has 102 valence electrons. The van der Waals surface area contributed by atoms with E-state index in [0.29, 0.717) is 12.6 Å². The van der Waals surface area contributed by atoms with Crippen LogP contribution >= 0.6 is 0 Å². The lowest BCUT2D eigenvalue weighted by Gasteiger charge is -2.08. The third-order valence-corrected chi connectivity index (χ3v) is 3.99. The molecule has 1 atom stereocenters. The Morgan fingerprint density at radius 2 is 2.37 bits per heavy atom. The molecular weight excluding hydrogens is 238 g/mol. The van der Waals surface area contributed by atoms with Crippen LogP contribution in [0.25, 0.3) is 11.0 Å². The molecule has 1 aromatic heterocycles. The molecule has 19 heavy (non-hydrogen) atoms. The van der Waals surface area contributed by atoms with Gasteiger partial charge < -0.3 is 15.0 Å². The van der Waals surface area contributed by atoms with Gasteiger partial charge in [0.25, 0.3) is 0 Å². The lowest BCUT2D eigenvalue weighted by Crippen LogP contribution is -2.08. The van der Waals surface area contributed by atoms with Crippen LogP contribution in [0.15, 0.2) is 18.2 Å². The lowest BCUT2D eigenvalue weighted by molar-refractivity contribution is 0.104. The summed E-state index contributed by atoms with van der Waals surface area (Å²) in [6.07, 6.45) is 4.88. The van der Waals surface area contributed by atoms with E-state index in [-0.39, 0.29) is 0 Å². The van der Waals surface area contributed by atoms with Crippen LogP contribution in [0.1, 0.15) is 30.7 Å². The fourth-order valence-electron chi connectivity index (χ4n) is 2.80. The van der Waals surface area contributed by atoms with Gasteiger partial charge >= 0.3 is 0 Å². The molecule has 0 spiro atoms. The predicted octanol–water partition coefficient (Wildman–Crippen LogP) is 2.14. The minimum atomic E-state index is 0.430. The van der Waals surface area contributed by atoms with Crippen molar-refractivity contribution in [3.05, 3.63) is 29.6 Å². The molecule has 4 nitrogen and oxygen atoms in total. The first-order chi connectivity index (χ1) is 9.28. The van der Waals surface area contributed by atoms with Crippen molar-refractivity contribution in [3.63, 3.8) is 0 Å². The minimum Gasteiger partial charge on any atom is -0.378 e. The fraction of sp³-hybridized carbons (Fsp3) is 0.533. The van der Waals surface area contributed by atoms with Crippen LogP contribution in [-0.2, 0) is 24.8 Å². The average Bonchev–Trinajstić information content (AvgIpc) is 3.05. The van der Waals surface area contributed by atoms with Crippen LogP contribution < -0.4 is 5.73 Å². The molecule has 1 unspecified atom stereocenters. The molecule has 2 heterocycles. The minimum absolute atomic E-state index is 0.430. The van der Waals surface area contributed by atoms with Crippen molar-refractivity contribution in [1.82, 2.24) is 9.55 Å². The molecule has 0 aliphatic carbocycles. The van der Waals surface area contributed by atoms with Crippen LogP contribution in [0.4, 0.5) is 0 Å². The van der Waals surface area contributed by atoms with E-state index in [0.717, 1.165) is 36.4 Å². The van der Waals surface area contributed by atoms with Crippen molar-refractivity contribution >= 4 is 11.0 Å². The second-order valence-electron chi connectivity index (χ2n) is 5.29. The molecule has 0 amide bonds. The number of hydrogen-bond donors (Lipinski definition) is 1. The van der Waals surface area contributed by atoms with E-state index < -0.39 is 0 Å². The highest BCUT2D eigenvalue weighted by Crippen LogP contribution is 2.21. The predicted molar refractivity (Wildman–Crippen MR) is 75.9 cm³/mol. The van der Waals surface area contributed by atoms with Crippen LogP contribution in [0.3, 0.4) is 0 Å². The number of aromatic nitrogens is 2. The summed E-state index contributed by atoms with van der Waals surface area (Å²) >= 11 is 0. The molecule has 1 aromatic carbocycles. The van der Waals surface area contributed by atoms with E-state index in [1.165, 1.54) is 18.4 Å². The largest absolute Gasteiger partial charge is 0.378 e. The van der Waals surface area contributed by atoms with Gasteiger partial charge in [-0.2, -0.15) is 0 Å². The molecule has 1 saturated heterocycles. The number of nitrogens with two attached hydrogens (primary N) is 1. The number of imidazole rings is 1. The number of rotatable bonds is 4. The summed E-state index contributed by atoms with van der Waals surface area (Å²) in [4.78, 5) is 4.72. The van der Waals surface area contributed by atoms with Crippen LogP contribution in [0.2, 0.25) is 0 Å². The van der Waals surface area contributed by atoms with Crippen LogP contribution in [0.5, 0.6) is 0 Å². The summed E-state index contributed by atoms with van der Waals surface area (Å²) < 4.78 is 7.86. The van der Waals surface area contributed by atoms with Crippen molar-refractivity contribution in [2.24, 2.45) is 12.8 Å². The molecule has 1 aliphatic heterocycles. The fourth-order valence-corrected chi connectivity index (χ4v) is 2.80. The first-order valence-corrected chi connectivity index (χ1v) is 7.04. The van der Waals surface area contributed by atoms with E-state index in [2.05, 4.69) is 29.8 Å². The molecule has 0 bridgehead atoms. The third-order valence-electron chi connectivity index (χ3n) is 3.99. The highest BCUT2D eigenvalue weighted by molar-refractivity contribution is 5.76. The first-order valence-electron chi connectivity index (χ1n) is 7.04. The molecule has 4 heteroatoms. The van der Waals surface area contributed by atoms with Gasteiger partial charge in [0.15, 0.2) is 0 Å². The SMILES string of the molecule is Cn1c(CCC2CCCO2)nc2ccc(CN)cc21. The smallest absolute Gasteiger partial charge is 0.109 e. The van der Waals surface area contributed by atoms with E-state index in [1.807, 2.05) is 0 Å². The summed E-state index contributed by atoms with van der Waals surface area (Å²) in [7, 11) is 2.08. The van der Waals surface area contributed by atoms with Crippen molar-refractivity contribution in [2.75, 3.05) is 6.61 Å². The average molecular weight is 259 g/mol. The van der Waals surface area contributed by atoms with Gasteiger partial charge in [-0.25, -0.2) is 4.98 Å². The van der Waals surface area contributed by atoms with E-state index in [4.69, 9.17) is 15.5 Å². The van der Waals surface area contributed by atoms with Crippen molar-refractivity contribution < 1.29 is 4.74 Å². The van der Waals surface area contributed by atoms with Crippen LogP contribution in [0, 0.1) is 0 Å². The molecule has 1 aliphatic rings. The zero-order valence-electron chi connectivity index (χ0n) is 11.4. The van der Waals surface area contributed by atoms with Gasteiger partial charge in [0.05, 0.1) is 17.1 Å². The first kappa shape index (κ1) is 12.6. The summed E-state index contributed by atoms with van der Waals surface area (Å²) in [6.45, 7) is 1.50. The second-order valence-corrected chi connectivity index (χ2v) is 5.29. The maximum atomic E-state index is 5.69. The van der Waals surface area contributed by atoms with Gasteiger partial charge in [-0.1, -0.05) is 6.07 Å². The van der Waals surface area contributed by atoms with Gasteiger partial charge in [-0.05, 0) is 37.0 Å². The Hall–Kier alpha value is -1.39. The van der Waals surface area contributed by atoms with Crippen molar-refractivity contribution in [1.29, 1.82) is 0 Å². The van der Waals surface area contributed by atoms with Gasteiger partial charge in [0.1, 0.15) is 5.82 Å². The molecule has 2 N–H and O–H groups in total. The Morgan fingerprint density at radius 3 is 3.11 bits per heavy atom. The Bertz CT molecular complexity index is 570. The van der Waals surface area contributed by atoms with Gasteiger partial charge in [0, 0.05) is 26.6 Å². The summed E-state index contributed by atoms with van der Waals surface area (Å²) in [5.41, 5.74) is 9.08. The highest BCUT2D eigenvalue weighted by Gasteiger charge is 2.17.